The third-order valence-electron chi connectivity index (χ3n) is 2.78. The number of hydrogen-bond acceptors (Lipinski definition) is 4. The van der Waals surface area contributed by atoms with E-state index in [-0.39, 0.29) is 6.61 Å². The number of aryl methyl sites for hydroxylation is 2. The van der Waals surface area contributed by atoms with Gasteiger partial charge in [0.05, 0.1) is 18.5 Å². The first-order chi connectivity index (χ1) is 8.11. The van der Waals surface area contributed by atoms with Crippen molar-refractivity contribution in [3.05, 3.63) is 29.3 Å². The van der Waals surface area contributed by atoms with E-state index in [0.717, 1.165) is 29.4 Å². The second kappa shape index (κ2) is 4.81. The molecule has 0 radical (unpaired) electrons. The highest BCUT2D eigenvalue weighted by molar-refractivity contribution is 5.35. The second-order valence-electron chi connectivity index (χ2n) is 4.39. The predicted molar refractivity (Wildman–Crippen MR) is 65.9 cm³/mol. The van der Waals surface area contributed by atoms with Crippen LogP contribution in [0, 0.1) is 13.8 Å². The van der Waals surface area contributed by atoms with E-state index < -0.39 is 0 Å². The van der Waals surface area contributed by atoms with E-state index in [9.17, 15) is 0 Å². The van der Waals surface area contributed by atoms with Crippen molar-refractivity contribution >= 4 is 5.78 Å². The van der Waals surface area contributed by atoms with Crippen molar-refractivity contribution in [2.24, 2.45) is 0 Å². The topological polar surface area (TPSA) is 53.7 Å². The Morgan fingerprint density at radius 3 is 2.88 bits per heavy atom. The molecule has 2 rings (SSSR count). The number of likely N-dealkylation sites (N-methyl/N-ethyl adjacent to an activating group) is 1. The Labute approximate surface area is 101 Å². The van der Waals surface area contributed by atoms with Gasteiger partial charge in [-0.05, 0) is 27.0 Å². The first-order valence-electron chi connectivity index (χ1n) is 5.72. The summed E-state index contributed by atoms with van der Waals surface area (Å²) in [6.45, 7) is 5.61. The molecule has 5 nitrogen and oxygen atoms in total. The van der Waals surface area contributed by atoms with E-state index >= 15 is 0 Å². The van der Waals surface area contributed by atoms with E-state index in [2.05, 4.69) is 26.2 Å². The fourth-order valence-electron chi connectivity index (χ4n) is 2.03. The molecule has 0 saturated carbocycles. The lowest BCUT2D eigenvalue weighted by molar-refractivity contribution is 0.215. The van der Waals surface area contributed by atoms with Crippen molar-refractivity contribution in [3.8, 4) is 0 Å². The summed E-state index contributed by atoms with van der Waals surface area (Å²) in [4.78, 5) is 10.8. The molecule has 0 atom stereocenters. The van der Waals surface area contributed by atoms with Gasteiger partial charge < -0.3 is 5.11 Å². The molecule has 0 spiro atoms. The first-order valence-corrected chi connectivity index (χ1v) is 5.72. The van der Waals surface area contributed by atoms with Crippen LogP contribution in [0.1, 0.15) is 17.1 Å². The van der Waals surface area contributed by atoms with Gasteiger partial charge in [0.2, 0.25) is 5.78 Å². The number of hydrogen-bond donors (Lipinski definition) is 1. The monoisotopic (exact) mass is 234 g/mol. The van der Waals surface area contributed by atoms with Crippen LogP contribution >= 0.6 is 0 Å². The molecule has 0 unspecified atom stereocenters. The quantitative estimate of drug-likeness (QED) is 0.849. The number of aliphatic hydroxyl groups is 1. The number of aliphatic hydroxyl groups excluding tert-OH is 1. The summed E-state index contributed by atoms with van der Waals surface area (Å²) in [5.74, 6) is 0.745. The minimum absolute atomic E-state index is 0.170. The number of nitrogens with zero attached hydrogens (tertiary/aromatic N) is 4. The van der Waals surface area contributed by atoms with E-state index in [1.54, 1.807) is 0 Å². The molecule has 1 N–H and O–H groups in total. The van der Waals surface area contributed by atoms with Crippen LogP contribution in [-0.2, 0) is 6.54 Å². The lowest BCUT2D eigenvalue weighted by Gasteiger charge is -2.15. The van der Waals surface area contributed by atoms with Crippen molar-refractivity contribution < 1.29 is 5.11 Å². The molecule has 0 fully saturated rings. The molecular formula is C12H18N4O. The molecule has 0 amide bonds. The molecule has 0 saturated heterocycles. The largest absolute Gasteiger partial charge is 0.395 e. The average molecular weight is 234 g/mol. The van der Waals surface area contributed by atoms with Crippen LogP contribution < -0.4 is 0 Å². The smallest absolute Gasteiger partial charge is 0.234 e. The van der Waals surface area contributed by atoms with Gasteiger partial charge in [-0.25, -0.2) is 9.97 Å². The molecule has 0 aliphatic carbocycles. The molecule has 0 aliphatic rings. The van der Waals surface area contributed by atoms with Crippen molar-refractivity contribution in [2.45, 2.75) is 20.4 Å². The van der Waals surface area contributed by atoms with E-state index in [1.165, 1.54) is 0 Å². The van der Waals surface area contributed by atoms with E-state index in [1.807, 2.05) is 26.2 Å². The highest BCUT2D eigenvalue weighted by Gasteiger charge is 2.09. The molecule has 92 valence electrons. The maximum atomic E-state index is 8.89. The Bertz CT molecular complexity index is 520. The van der Waals surface area contributed by atoms with E-state index in [0.29, 0.717) is 6.54 Å². The van der Waals surface area contributed by atoms with Crippen LogP contribution in [0.4, 0.5) is 0 Å². The van der Waals surface area contributed by atoms with Gasteiger partial charge in [0.15, 0.2) is 0 Å². The lowest BCUT2D eigenvalue weighted by atomic mass is 10.3. The van der Waals surface area contributed by atoms with Crippen LogP contribution in [0.25, 0.3) is 5.78 Å². The summed E-state index contributed by atoms with van der Waals surface area (Å²) < 4.78 is 2.06. The van der Waals surface area contributed by atoms with Gasteiger partial charge >= 0.3 is 0 Å². The summed E-state index contributed by atoms with van der Waals surface area (Å²) >= 11 is 0. The van der Waals surface area contributed by atoms with Crippen molar-refractivity contribution in [1.29, 1.82) is 0 Å². The average Bonchev–Trinajstić information content (AvgIpc) is 2.61. The standard InChI is InChI=1S/C12H18N4O/c1-9-6-10(2)16-11(7-13-12(16)14-9)8-15(3)4-5-17/h6-7,17H,4-5,8H2,1-3H3. The molecular weight excluding hydrogens is 216 g/mol. The molecule has 0 aromatic carbocycles. The van der Waals surface area contributed by atoms with Gasteiger partial charge in [-0.1, -0.05) is 0 Å². The Kier molecular flexibility index (Phi) is 3.40. The maximum absolute atomic E-state index is 8.89. The molecule has 5 heteroatoms. The van der Waals surface area contributed by atoms with Gasteiger partial charge in [0.1, 0.15) is 0 Å². The highest BCUT2D eigenvalue weighted by Crippen LogP contribution is 2.11. The lowest BCUT2D eigenvalue weighted by Crippen LogP contribution is -2.22. The van der Waals surface area contributed by atoms with Crippen molar-refractivity contribution in [1.82, 2.24) is 19.3 Å². The molecule has 0 bridgehead atoms. The number of fused-ring (bicyclic) bond motifs is 1. The van der Waals surface area contributed by atoms with Crippen LogP contribution in [0.5, 0.6) is 0 Å². The summed E-state index contributed by atoms with van der Waals surface area (Å²) in [5.41, 5.74) is 3.22. The van der Waals surface area contributed by atoms with Gasteiger partial charge in [0.25, 0.3) is 0 Å². The van der Waals surface area contributed by atoms with Gasteiger partial charge in [-0.15, -0.1) is 0 Å². The zero-order valence-electron chi connectivity index (χ0n) is 10.5. The summed E-state index contributed by atoms with van der Waals surface area (Å²) in [7, 11) is 1.98. The SMILES string of the molecule is Cc1cc(C)n2c(CN(C)CCO)cnc2n1. The minimum atomic E-state index is 0.170. The molecule has 2 heterocycles. The van der Waals surface area contributed by atoms with Crippen LogP contribution in [0.2, 0.25) is 0 Å². The second-order valence-corrected chi connectivity index (χ2v) is 4.39. The molecule has 2 aromatic rings. The maximum Gasteiger partial charge on any atom is 0.234 e. The molecule has 2 aromatic heterocycles. The summed E-state index contributed by atoms with van der Waals surface area (Å²) in [5, 5.41) is 8.89. The number of aromatic nitrogens is 3. The van der Waals surface area contributed by atoms with Crippen LogP contribution in [0.3, 0.4) is 0 Å². The zero-order chi connectivity index (χ0) is 12.4. The van der Waals surface area contributed by atoms with Gasteiger partial charge in [0, 0.05) is 24.5 Å². The van der Waals surface area contributed by atoms with Crippen molar-refractivity contribution in [2.75, 3.05) is 20.2 Å². The normalized spacial score (nSPS) is 11.6. The highest BCUT2D eigenvalue weighted by atomic mass is 16.3. The molecule has 17 heavy (non-hydrogen) atoms. The fraction of sp³-hybridized carbons (Fsp3) is 0.500. The summed E-state index contributed by atoms with van der Waals surface area (Å²) in [6, 6.07) is 2.05. The Hall–Kier alpha value is -1.46. The Balaban J connectivity index is 2.36. The van der Waals surface area contributed by atoms with Crippen molar-refractivity contribution in [3.63, 3.8) is 0 Å². The van der Waals surface area contributed by atoms with Gasteiger partial charge in [-0.2, -0.15) is 0 Å². The minimum Gasteiger partial charge on any atom is -0.395 e. The van der Waals surface area contributed by atoms with Gasteiger partial charge in [-0.3, -0.25) is 9.30 Å². The Morgan fingerprint density at radius 1 is 1.41 bits per heavy atom. The number of rotatable bonds is 4. The third kappa shape index (κ3) is 2.45. The summed E-state index contributed by atoms with van der Waals surface area (Å²) in [6.07, 6.45) is 1.85. The van der Waals surface area contributed by atoms with Crippen LogP contribution in [0.15, 0.2) is 12.3 Å². The van der Waals surface area contributed by atoms with E-state index in [4.69, 9.17) is 5.11 Å². The first kappa shape index (κ1) is 12.0. The zero-order valence-corrected chi connectivity index (χ0v) is 10.5. The molecule has 0 aliphatic heterocycles. The number of imidazole rings is 1. The Morgan fingerprint density at radius 2 is 2.18 bits per heavy atom. The fourth-order valence-corrected chi connectivity index (χ4v) is 2.03. The predicted octanol–water partition coefficient (Wildman–Crippen LogP) is 0.770. The van der Waals surface area contributed by atoms with Crippen LogP contribution in [-0.4, -0.2) is 44.6 Å². The third-order valence-corrected chi connectivity index (χ3v) is 2.78.